The molecule has 1 atom stereocenters. The molecule has 1 unspecified atom stereocenters. The zero-order valence-electron chi connectivity index (χ0n) is 11.4. The summed E-state index contributed by atoms with van der Waals surface area (Å²) in [4.78, 5) is 0. The Hall–Kier alpha value is -1.28. The largest absolute Gasteiger partial charge is 0.508 e. The molecule has 0 aromatic heterocycles. The molecule has 1 fully saturated rings. The molecule has 1 aliphatic rings. The average molecular weight is 245 g/mol. The predicted octanol–water partition coefficient (Wildman–Crippen LogP) is 3.24. The van der Waals surface area contributed by atoms with Crippen LogP contribution in [0, 0.1) is 19.8 Å². The molecule has 0 spiro atoms. The number of aromatic hydroxyl groups is 1. The van der Waals surface area contributed by atoms with Crippen LogP contribution in [0.1, 0.15) is 36.0 Å². The minimum absolute atomic E-state index is 0.0391. The molecule has 1 aliphatic carbocycles. The first-order chi connectivity index (χ1) is 8.49. The van der Waals surface area contributed by atoms with Gasteiger partial charge in [0.2, 0.25) is 0 Å². The van der Waals surface area contributed by atoms with Gasteiger partial charge in [-0.25, -0.2) is 0 Å². The number of nitrogens with two attached hydrogens (primary N) is 1. The van der Waals surface area contributed by atoms with Gasteiger partial charge in [0.1, 0.15) is 5.75 Å². The Kier molecular flexibility index (Phi) is 3.76. The van der Waals surface area contributed by atoms with Gasteiger partial charge in [-0.1, -0.05) is 18.6 Å². The Morgan fingerprint density at radius 2 is 1.94 bits per heavy atom. The maximum atomic E-state index is 9.55. The minimum atomic E-state index is 0.0391. The van der Waals surface area contributed by atoms with E-state index in [1.807, 2.05) is 13.8 Å². The Labute approximate surface area is 110 Å². The molecule has 0 saturated heterocycles. The quantitative estimate of drug-likeness (QED) is 0.800. The molecule has 0 bridgehead atoms. The number of hydrogen-bond acceptors (Lipinski definition) is 2. The van der Waals surface area contributed by atoms with Gasteiger partial charge in [0, 0.05) is 6.04 Å². The molecule has 0 amide bonds. The summed E-state index contributed by atoms with van der Waals surface area (Å²) in [6.45, 7) is 8.23. The maximum Gasteiger partial charge on any atom is 0.116 e. The van der Waals surface area contributed by atoms with Gasteiger partial charge in [0.15, 0.2) is 0 Å². The van der Waals surface area contributed by atoms with Gasteiger partial charge in [0.05, 0.1) is 0 Å². The van der Waals surface area contributed by atoms with Crippen LogP contribution in [0.4, 0.5) is 0 Å². The summed E-state index contributed by atoms with van der Waals surface area (Å²) in [6, 6.07) is 3.65. The van der Waals surface area contributed by atoms with Crippen LogP contribution in [0.3, 0.4) is 0 Å². The van der Waals surface area contributed by atoms with Crippen molar-refractivity contribution in [2.45, 2.75) is 45.6 Å². The number of aryl methyl sites for hydroxylation is 2. The monoisotopic (exact) mass is 245 g/mol. The highest BCUT2D eigenvalue weighted by molar-refractivity contribution is 5.41. The van der Waals surface area contributed by atoms with Crippen molar-refractivity contribution in [3.63, 3.8) is 0 Å². The molecule has 98 valence electrons. The van der Waals surface area contributed by atoms with Crippen molar-refractivity contribution in [2.24, 2.45) is 11.7 Å². The lowest BCUT2D eigenvalue weighted by molar-refractivity contribution is 0.351. The summed E-state index contributed by atoms with van der Waals surface area (Å²) in [5.41, 5.74) is 11.0. The van der Waals surface area contributed by atoms with Crippen molar-refractivity contribution in [3.05, 3.63) is 41.0 Å². The van der Waals surface area contributed by atoms with Crippen LogP contribution in [0.5, 0.6) is 5.75 Å². The third-order valence-corrected chi connectivity index (χ3v) is 4.21. The van der Waals surface area contributed by atoms with E-state index in [2.05, 4.69) is 6.58 Å². The van der Waals surface area contributed by atoms with Gasteiger partial charge in [-0.3, -0.25) is 0 Å². The molecule has 0 heterocycles. The number of phenols is 1. The zero-order valence-corrected chi connectivity index (χ0v) is 11.4. The van der Waals surface area contributed by atoms with E-state index in [0.717, 1.165) is 17.5 Å². The Morgan fingerprint density at radius 3 is 2.39 bits per heavy atom. The van der Waals surface area contributed by atoms with Crippen LogP contribution in [0.15, 0.2) is 24.3 Å². The fourth-order valence-electron chi connectivity index (χ4n) is 2.73. The predicted molar refractivity (Wildman–Crippen MR) is 75.7 cm³/mol. The van der Waals surface area contributed by atoms with Gasteiger partial charge in [-0.15, -0.1) is 0 Å². The van der Waals surface area contributed by atoms with Crippen LogP contribution in [-0.4, -0.2) is 11.1 Å². The Morgan fingerprint density at radius 1 is 1.39 bits per heavy atom. The first kappa shape index (κ1) is 13.2. The molecule has 1 saturated carbocycles. The summed E-state index contributed by atoms with van der Waals surface area (Å²) >= 11 is 0. The number of rotatable bonds is 4. The second-order valence-electron chi connectivity index (χ2n) is 5.57. The molecule has 2 heteroatoms. The van der Waals surface area contributed by atoms with Crippen molar-refractivity contribution in [1.29, 1.82) is 0 Å². The molecule has 1 aromatic carbocycles. The van der Waals surface area contributed by atoms with E-state index < -0.39 is 0 Å². The van der Waals surface area contributed by atoms with E-state index in [1.165, 1.54) is 30.4 Å². The van der Waals surface area contributed by atoms with Gasteiger partial charge in [-0.05, 0) is 67.9 Å². The molecular weight excluding hydrogens is 222 g/mol. The van der Waals surface area contributed by atoms with E-state index in [1.54, 1.807) is 12.1 Å². The lowest BCUT2D eigenvalue weighted by Crippen LogP contribution is -2.31. The van der Waals surface area contributed by atoms with Gasteiger partial charge < -0.3 is 10.8 Å². The maximum absolute atomic E-state index is 9.55. The minimum Gasteiger partial charge on any atom is -0.508 e. The van der Waals surface area contributed by atoms with Gasteiger partial charge in [-0.2, -0.15) is 0 Å². The van der Waals surface area contributed by atoms with Crippen LogP contribution >= 0.6 is 0 Å². The number of benzene rings is 1. The summed E-state index contributed by atoms with van der Waals surface area (Å²) in [7, 11) is 0. The molecule has 2 nitrogen and oxygen atoms in total. The first-order valence-corrected chi connectivity index (χ1v) is 6.72. The summed E-state index contributed by atoms with van der Waals surface area (Å²) < 4.78 is 0. The van der Waals surface area contributed by atoms with Crippen molar-refractivity contribution in [1.82, 2.24) is 0 Å². The summed E-state index contributed by atoms with van der Waals surface area (Å²) in [5, 5.41) is 9.55. The second kappa shape index (κ2) is 5.15. The van der Waals surface area contributed by atoms with E-state index in [9.17, 15) is 5.11 Å². The first-order valence-electron chi connectivity index (χ1n) is 6.72. The highest BCUT2D eigenvalue weighted by atomic mass is 16.3. The average Bonchev–Trinajstić information content (AvgIpc) is 2.20. The molecule has 18 heavy (non-hydrogen) atoms. The number of hydrogen-bond donors (Lipinski definition) is 2. The lowest BCUT2D eigenvalue weighted by Gasteiger charge is -2.31. The van der Waals surface area contributed by atoms with E-state index >= 15 is 0 Å². The summed E-state index contributed by atoms with van der Waals surface area (Å²) in [6.07, 6.45) is 4.64. The fourth-order valence-corrected chi connectivity index (χ4v) is 2.73. The third kappa shape index (κ3) is 2.59. The van der Waals surface area contributed by atoms with Crippen LogP contribution in [-0.2, 0) is 6.42 Å². The SMILES string of the molecule is C=C(C(N)Cc1c(C)cc(O)cc1C)C1CCC1. The standard InChI is InChI=1S/C16H23NO/c1-10-7-14(18)8-11(2)15(10)9-16(17)12(3)13-5-4-6-13/h7-8,13,16,18H,3-6,9,17H2,1-2H3. The Balaban J connectivity index is 2.11. The smallest absolute Gasteiger partial charge is 0.116 e. The van der Waals surface area contributed by atoms with Crippen LogP contribution in [0.25, 0.3) is 0 Å². The molecule has 1 aromatic rings. The normalized spacial score (nSPS) is 17.3. The van der Waals surface area contributed by atoms with E-state index in [4.69, 9.17) is 5.73 Å². The fraction of sp³-hybridized carbons (Fsp3) is 0.500. The van der Waals surface area contributed by atoms with E-state index in [-0.39, 0.29) is 6.04 Å². The van der Waals surface area contributed by atoms with Crippen molar-refractivity contribution >= 4 is 0 Å². The van der Waals surface area contributed by atoms with Gasteiger partial charge >= 0.3 is 0 Å². The highest BCUT2D eigenvalue weighted by Gasteiger charge is 2.24. The second-order valence-corrected chi connectivity index (χ2v) is 5.57. The molecule has 0 aliphatic heterocycles. The topological polar surface area (TPSA) is 46.2 Å². The van der Waals surface area contributed by atoms with Gasteiger partial charge in [0.25, 0.3) is 0 Å². The highest BCUT2D eigenvalue weighted by Crippen LogP contribution is 2.34. The zero-order chi connectivity index (χ0) is 13.3. The number of phenolic OH excluding ortho intramolecular Hbond substituents is 1. The Bertz CT molecular complexity index is 437. The molecule has 2 rings (SSSR count). The van der Waals surface area contributed by atoms with Crippen LogP contribution in [0.2, 0.25) is 0 Å². The molecule has 0 radical (unpaired) electrons. The summed E-state index contributed by atoms with van der Waals surface area (Å²) in [5.74, 6) is 0.970. The lowest BCUT2D eigenvalue weighted by atomic mass is 9.76. The van der Waals surface area contributed by atoms with Crippen molar-refractivity contribution in [2.75, 3.05) is 0 Å². The van der Waals surface area contributed by atoms with Crippen LogP contribution < -0.4 is 5.73 Å². The van der Waals surface area contributed by atoms with Crippen molar-refractivity contribution < 1.29 is 5.11 Å². The molecular formula is C16H23NO. The third-order valence-electron chi connectivity index (χ3n) is 4.21. The van der Waals surface area contributed by atoms with Crippen molar-refractivity contribution in [3.8, 4) is 5.75 Å². The van der Waals surface area contributed by atoms with E-state index in [0.29, 0.717) is 11.7 Å². The molecule has 3 N–H and O–H groups in total.